The maximum atomic E-state index is 4.55. The molecule has 76 valence electrons. The van der Waals surface area contributed by atoms with Crippen molar-refractivity contribution >= 4 is 27.3 Å². The lowest BCUT2D eigenvalue weighted by atomic mass is 10.3. The third-order valence-electron chi connectivity index (χ3n) is 2.35. The summed E-state index contributed by atoms with van der Waals surface area (Å²) in [5.74, 6) is 0.827. The zero-order valence-corrected chi connectivity index (χ0v) is 10.2. The molecule has 0 saturated carbocycles. The van der Waals surface area contributed by atoms with E-state index in [0.717, 1.165) is 34.0 Å². The van der Waals surface area contributed by atoms with Crippen molar-refractivity contribution in [2.45, 2.75) is 13.1 Å². The Labute approximate surface area is 99.7 Å². The number of halogens is 1. The van der Waals surface area contributed by atoms with Gasteiger partial charge in [0.1, 0.15) is 0 Å². The fourth-order valence-electron chi connectivity index (χ4n) is 1.61. The zero-order valence-electron chi connectivity index (χ0n) is 7.83. The number of thiophene rings is 1. The molecule has 0 amide bonds. The number of nitrogens with zero attached hydrogens (tertiary/aromatic N) is 2. The molecule has 1 aliphatic rings. The summed E-state index contributed by atoms with van der Waals surface area (Å²) in [6.07, 6.45) is 1.92. The highest BCUT2D eigenvalue weighted by molar-refractivity contribution is 9.10. The predicted octanol–water partition coefficient (Wildman–Crippen LogP) is 2.57. The van der Waals surface area contributed by atoms with Crippen LogP contribution in [0.5, 0.6) is 0 Å². The minimum atomic E-state index is 0.827. The maximum absolute atomic E-state index is 4.55. The van der Waals surface area contributed by atoms with Crippen LogP contribution < -0.4 is 5.32 Å². The maximum Gasteiger partial charge on any atom is 0.169 e. The first-order chi connectivity index (χ1) is 7.33. The van der Waals surface area contributed by atoms with E-state index in [1.54, 1.807) is 11.3 Å². The molecular weight excluding hydrogens is 274 g/mol. The molecule has 5 heteroatoms. The third-order valence-corrected chi connectivity index (χ3v) is 4.04. The van der Waals surface area contributed by atoms with Gasteiger partial charge >= 0.3 is 0 Å². The summed E-state index contributed by atoms with van der Waals surface area (Å²) in [6, 6.07) is 2.05. The molecule has 0 aliphatic carbocycles. The average molecular weight is 282 g/mol. The number of hydrogen-bond donors (Lipinski definition) is 1. The van der Waals surface area contributed by atoms with E-state index in [1.807, 2.05) is 11.6 Å². The number of aromatic nitrogens is 2. The molecule has 0 spiro atoms. The van der Waals surface area contributed by atoms with E-state index in [1.165, 1.54) is 5.56 Å². The molecule has 0 bridgehead atoms. The van der Waals surface area contributed by atoms with Crippen molar-refractivity contribution in [3.8, 4) is 10.7 Å². The van der Waals surface area contributed by atoms with E-state index in [2.05, 4.69) is 37.3 Å². The Morgan fingerprint density at radius 3 is 3.13 bits per heavy atom. The highest BCUT2D eigenvalue weighted by Crippen LogP contribution is 2.28. The predicted molar refractivity (Wildman–Crippen MR) is 63.6 cm³/mol. The summed E-state index contributed by atoms with van der Waals surface area (Å²) in [5.41, 5.74) is 2.35. The monoisotopic (exact) mass is 281 g/mol. The lowest BCUT2D eigenvalue weighted by Gasteiger charge is -1.99. The fourth-order valence-corrected chi connectivity index (χ4v) is 2.97. The van der Waals surface area contributed by atoms with Crippen LogP contribution in [0.3, 0.4) is 0 Å². The summed E-state index contributed by atoms with van der Waals surface area (Å²) >= 11 is 5.09. The minimum Gasteiger partial charge on any atom is -0.307 e. The molecule has 3 heterocycles. The van der Waals surface area contributed by atoms with E-state index in [4.69, 9.17) is 0 Å². The second kappa shape index (κ2) is 3.66. The molecule has 0 saturated heterocycles. The van der Waals surface area contributed by atoms with Crippen molar-refractivity contribution in [2.75, 3.05) is 0 Å². The third kappa shape index (κ3) is 1.71. The van der Waals surface area contributed by atoms with Crippen LogP contribution in [0.15, 0.2) is 22.1 Å². The van der Waals surface area contributed by atoms with Gasteiger partial charge < -0.3 is 5.32 Å². The lowest BCUT2D eigenvalue weighted by molar-refractivity contribution is 0.758. The van der Waals surface area contributed by atoms with Gasteiger partial charge in [0.25, 0.3) is 0 Å². The average Bonchev–Trinajstić information content (AvgIpc) is 2.84. The van der Waals surface area contributed by atoms with Crippen molar-refractivity contribution in [3.05, 3.63) is 33.4 Å². The van der Waals surface area contributed by atoms with E-state index >= 15 is 0 Å². The first-order valence-electron chi connectivity index (χ1n) is 4.63. The summed E-state index contributed by atoms with van der Waals surface area (Å²) in [4.78, 5) is 10.0. The zero-order chi connectivity index (χ0) is 10.3. The Morgan fingerprint density at radius 1 is 1.40 bits per heavy atom. The van der Waals surface area contributed by atoms with Gasteiger partial charge in [0.15, 0.2) is 5.82 Å². The molecule has 0 radical (unpaired) electrons. The summed E-state index contributed by atoms with van der Waals surface area (Å²) in [5, 5.41) is 5.31. The first kappa shape index (κ1) is 9.45. The van der Waals surface area contributed by atoms with Crippen molar-refractivity contribution in [3.63, 3.8) is 0 Å². The Bertz CT molecular complexity index is 509. The van der Waals surface area contributed by atoms with Crippen LogP contribution in [0, 0.1) is 0 Å². The molecule has 2 aromatic rings. The molecule has 0 fully saturated rings. The normalized spacial score (nSPS) is 14.2. The molecule has 3 rings (SSSR count). The topological polar surface area (TPSA) is 37.8 Å². The van der Waals surface area contributed by atoms with Crippen molar-refractivity contribution in [1.29, 1.82) is 0 Å². The van der Waals surface area contributed by atoms with Crippen molar-refractivity contribution in [1.82, 2.24) is 15.3 Å². The van der Waals surface area contributed by atoms with Crippen LogP contribution in [0.4, 0.5) is 0 Å². The molecule has 15 heavy (non-hydrogen) atoms. The lowest BCUT2D eigenvalue weighted by Crippen LogP contribution is -2.00. The number of rotatable bonds is 1. The van der Waals surface area contributed by atoms with Crippen molar-refractivity contribution < 1.29 is 0 Å². The van der Waals surface area contributed by atoms with E-state index in [-0.39, 0.29) is 0 Å². The Kier molecular flexibility index (Phi) is 2.31. The van der Waals surface area contributed by atoms with Crippen LogP contribution in [0.25, 0.3) is 10.7 Å². The molecule has 0 atom stereocenters. The van der Waals surface area contributed by atoms with Crippen LogP contribution >= 0.6 is 27.3 Å². The van der Waals surface area contributed by atoms with Crippen LogP contribution in [0.2, 0.25) is 0 Å². The fraction of sp³-hybridized carbons (Fsp3) is 0.200. The molecule has 0 unspecified atom stereocenters. The SMILES string of the molecule is Brc1csc(-c2ncc3c(n2)CNC3)c1. The van der Waals surface area contributed by atoms with Crippen LogP contribution in [-0.4, -0.2) is 9.97 Å². The smallest absolute Gasteiger partial charge is 0.169 e. The molecular formula is C10H8BrN3S. The Morgan fingerprint density at radius 2 is 2.33 bits per heavy atom. The summed E-state index contributed by atoms with van der Waals surface area (Å²) in [6.45, 7) is 1.75. The van der Waals surface area contributed by atoms with Gasteiger partial charge in [-0.3, -0.25) is 0 Å². The highest BCUT2D eigenvalue weighted by atomic mass is 79.9. The highest BCUT2D eigenvalue weighted by Gasteiger charge is 2.14. The molecule has 2 aromatic heterocycles. The summed E-state index contributed by atoms with van der Waals surface area (Å²) in [7, 11) is 0. The van der Waals surface area contributed by atoms with E-state index in [9.17, 15) is 0 Å². The van der Waals surface area contributed by atoms with Gasteiger partial charge in [-0.15, -0.1) is 11.3 Å². The van der Waals surface area contributed by atoms with Gasteiger partial charge in [-0.25, -0.2) is 9.97 Å². The van der Waals surface area contributed by atoms with E-state index < -0.39 is 0 Å². The minimum absolute atomic E-state index is 0.827. The molecule has 0 aromatic carbocycles. The second-order valence-electron chi connectivity index (χ2n) is 3.40. The van der Waals surface area contributed by atoms with Gasteiger partial charge in [-0.1, -0.05) is 0 Å². The van der Waals surface area contributed by atoms with Crippen LogP contribution in [0.1, 0.15) is 11.3 Å². The standard InChI is InChI=1S/C10H8BrN3S/c11-7-1-9(15-5-7)10-13-3-6-2-12-4-8(6)14-10/h1,3,5,12H,2,4H2. The number of hydrogen-bond acceptors (Lipinski definition) is 4. The Balaban J connectivity index is 2.06. The molecule has 1 N–H and O–H groups in total. The van der Waals surface area contributed by atoms with Gasteiger partial charge in [-0.05, 0) is 22.0 Å². The van der Waals surface area contributed by atoms with Gasteiger partial charge in [0.05, 0.1) is 10.6 Å². The van der Waals surface area contributed by atoms with E-state index in [0.29, 0.717) is 0 Å². The quantitative estimate of drug-likeness (QED) is 0.873. The van der Waals surface area contributed by atoms with Crippen LogP contribution in [-0.2, 0) is 13.1 Å². The summed E-state index contributed by atoms with van der Waals surface area (Å²) < 4.78 is 1.09. The largest absolute Gasteiger partial charge is 0.307 e. The van der Waals surface area contributed by atoms with Crippen molar-refractivity contribution in [2.24, 2.45) is 0 Å². The number of fused-ring (bicyclic) bond motifs is 1. The number of nitrogens with one attached hydrogen (secondary N) is 1. The van der Waals surface area contributed by atoms with Gasteiger partial charge in [-0.2, -0.15) is 0 Å². The second-order valence-corrected chi connectivity index (χ2v) is 5.23. The molecule has 1 aliphatic heterocycles. The molecule has 3 nitrogen and oxygen atoms in total. The van der Waals surface area contributed by atoms with Gasteiger partial charge in [0, 0.05) is 34.7 Å². The Hall–Kier alpha value is -0.780. The van der Waals surface area contributed by atoms with Gasteiger partial charge in [0.2, 0.25) is 0 Å². The first-order valence-corrected chi connectivity index (χ1v) is 6.30.